The first kappa shape index (κ1) is 31.7. The summed E-state index contributed by atoms with van der Waals surface area (Å²) in [4.78, 5) is 39.5. The number of aryl methyl sites for hydroxylation is 1. The van der Waals surface area contributed by atoms with Crippen LogP contribution in [0.4, 0.5) is 0 Å². The number of fused-ring (bicyclic) bond motifs is 1. The molecule has 226 valence electrons. The van der Waals surface area contributed by atoms with Crippen molar-refractivity contribution >= 4 is 23.0 Å². The number of hydrogen-bond acceptors (Lipinski definition) is 8. The summed E-state index contributed by atoms with van der Waals surface area (Å²) < 4.78 is 28.8. The molecule has 0 spiro atoms. The van der Waals surface area contributed by atoms with Crippen molar-refractivity contribution in [2.75, 3.05) is 6.61 Å². The van der Waals surface area contributed by atoms with E-state index in [0.29, 0.717) is 4.57 Å². The SMILES string of the molecule is Cc1ccc(C(=O)n2c(=O)ccn([C@@H]3O[C@@H]4CO[Si](C(C)C)(C(C)C)O[Si](C(C)C)(C(C)C)O[C@H]4[C@H]3O)c2=O)cc1. The molecule has 4 atom stereocenters. The largest absolute Gasteiger partial charge is 0.414 e. The van der Waals surface area contributed by atoms with Crippen LogP contribution in [-0.2, 0) is 17.7 Å². The van der Waals surface area contributed by atoms with Crippen LogP contribution >= 0.6 is 0 Å². The van der Waals surface area contributed by atoms with E-state index in [2.05, 4.69) is 55.4 Å². The van der Waals surface area contributed by atoms with Gasteiger partial charge in [0.25, 0.3) is 11.5 Å². The van der Waals surface area contributed by atoms with Crippen molar-refractivity contribution in [2.45, 2.75) is 109 Å². The first-order valence-corrected chi connectivity index (χ1v) is 18.4. The van der Waals surface area contributed by atoms with E-state index in [4.69, 9.17) is 17.7 Å². The van der Waals surface area contributed by atoms with E-state index in [0.717, 1.165) is 16.2 Å². The minimum atomic E-state index is -3.04. The zero-order valence-corrected chi connectivity index (χ0v) is 27.5. The van der Waals surface area contributed by atoms with Crippen LogP contribution in [0.2, 0.25) is 22.2 Å². The Bertz CT molecular complexity index is 1350. The van der Waals surface area contributed by atoms with Crippen molar-refractivity contribution in [1.29, 1.82) is 0 Å². The summed E-state index contributed by atoms with van der Waals surface area (Å²) in [6.45, 7) is 18.8. The molecule has 0 radical (unpaired) electrons. The molecule has 2 saturated heterocycles. The van der Waals surface area contributed by atoms with E-state index in [1.54, 1.807) is 24.3 Å². The maximum Gasteiger partial charge on any atom is 0.340 e. The highest BCUT2D eigenvalue weighted by Gasteiger charge is 2.61. The minimum absolute atomic E-state index is 0.0391. The number of carbonyl (C=O) groups is 1. The molecule has 0 aliphatic carbocycles. The predicted molar refractivity (Wildman–Crippen MR) is 160 cm³/mol. The standard InChI is InChI=1S/C29H44N2O8Si2/c1-17(2)40(18(3)4)36-16-23-26(38-41(39-40,19(5)6)20(7)8)25(33)28(37-23)30-15-14-24(32)31(29(30)35)27(34)22-12-10-21(9)11-13-22/h10-15,17-20,23,25-26,28,33H,16H2,1-9H3/t23-,25-,26-,28-/m1/s1. The third-order valence-electron chi connectivity index (χ3n) is 8.43. The van der Waals surface area contributed by atoms with Crippen LogP contribution in [0.25, 0.3) is 0 Å². The molecule has 0 amide bonds. The smallest absolute Gasteiger partial charge is 0.340 e. The lowest BCUT2D eigenvalue weighted by Crippen LogP contribution is -2.65. The number of carbonyl (C=O) groups excluding carboxylic acids is 1. The lowest BCUT2D eigenvalue weighted by Gasteiger charge is -2.51. The third-order valence-corrected chi connectivity index (χ3v) is 18.7. The van der Waals surface area contributed by atoms with Crippen LogP contribution in [0, 0.1) is 6.92 Å². The van der Waals surface area contributed by atoms with Gasteiger partial charge in [0, 0.05) is 17.8 Å². The molecule has 4 rings (SSSR count). The number of aliphatic hydroxyl groups is 1. The molecule has 0 unspecified atom stereocenters. The van der Waals surface area contributed by atoms with Gasteiger partial charge in [-0.2, -0.15) is 4.57 Å². The Morgan fingerprint density at radius 3 is 2.00 bits per heavy atom. The minimum Gasteiger partial charge on any atom is -0.414 e. The first-order chi connectivity index (χ1) is 19.2. The predicted octanol–water partition coefficient (Wildman–Crippen LogP) is 4.22. The molecule has 1 N–H and O–H groups in total. The molecular weight excluding hydrogens is 560 g/mol. The lowest BCUT2D eigenvalue weighted by molar-refractivity contribution is -0.0603. The van der Waals surface area contributed by atoms with Crippen LogP contribution in [0.15, 0.2) is 46.1 Å². The number of hydrogen-bond donors (Lipinski definition) is 1. The Hall–Kier alpha value is -2.20. The average Bonchev–Trinajstić information content (AvgIpc) is 3.17. The molecule has 41 heavy (non-hydrogen) atoms. The van der Waals surface area contributed by atoms with E-state index in [-0.39, 0.29) is 34.3 Å². The zero-order valence-electron chi connectivity index (χ0n) is 25.5. The fourth-order valence-electron chi connectivity index (χ4n) is 6.07. The summed E-state index contributed by atoms with van der Waals surface area (Å²) in [6.07, 6.45) is -2.74. The summed E-state index contributed by atoms with van der Waals surface area (Å²) in [7, 11) is -5.87. The summed E-state index contributed by atoms with van der Waals surface area (Å²) in [5.74, 6) is -0.753. The van der Waals surface area contributed by atoms with Gasteiger partial charge in [0.15, 0.2) is 6.23 Å². The van der Waals surface area contributed by atoms with Crippen molar-refractivity contribution in [3.8, 4) is 0 Å². The van der Waals surface area contributed by atoms with E-state index >= 15 is 0 Å². The van der Waals surface area contributed by atoms with Gasteiger partial charge in [-0.1, -0.05) is 73.1 Å². The quantitative estimate of drug-likeness (QED) is 0.487. The number of rotatable bonds is 6. The van der Waals surface area contributed by atoms with Crippen molar-refractivity contribution in [3.05, 3.63) is 68.5 Å². The molecule has 3 heterocycles. The van der Waals surface area contributed by atoms with Crippen molar-refractivity contribution < 1.29 is 27.6 Å². The van der Waals surface area contributed by atoms with Gasteiger partial charge in [0.1, 0.15) is 18.3 Å². The molecule has 1 aromatic heterocycles. The van der Waals surface area contributed by atoms with E-state index in [1.807, 2.05) is 6.92 Å². The van der Waals surface area contributed by atoms with Gasteiger partial charge in [0.05, 0.1) is 6.61 Å². The van der Waals surface area contributed by atoms with Crippen LogP contribution in [0.1, 0.15) is 77.5 Å². The Kier molecular flexibility index (Phi) is 9.15. The summed E-state index contributed by atoms with van der Waals surface area (Å²) in [5.41, 5.74) is -0.186. The lowest BCUT2D eigenvalue weighted by atomic mass is 10.1. The third kappa shape index (κ3) is 5.51. The fourth-order valence-corrected chi connectivity index (χ4v) is 17.3. The van der Waals surface area contributed by atoms with Gasteiger partial charge in [-0.15, -0.1) is 0 Å². The molecule has 10 nitrogen and oxygen atoms in total. The molecule has 0 bridgehead atoms. The Labute approximate surface area is 243 Å². The van der Waals surface area contributed by atoms with Gasteiger partial charge < -0.3 is 22.8 Å². The monoisotopic (exact) mass is 604 g/mol. The maximum absolute atomic E-state index is 13.6. The second-order valence-corrected chi connectivity index (χ2v) is 21.3. The van der Waals surface area contributed by atoms with E-state index in [1.165, 1.54) is 6.20 Å². The summed E-state index contributed by atoms with van der Waals surface area (Å²) >= 11 is 0. The molecular formula is C29H44N2O8Si2. The second kappa shape index (κ2) is 11.8. The Morgan fingerprint density at radius 1 is 0.902 bits per heavy atom. The number of ether oxygens (including phenoxy) is 1. The van der Waals surface area contributed by atoms with Crippen LogP contribution < -0.4 is 11.2 Å². The first-order valence-electron chi connectivity index (χ1n) is 14.5. The number of aliphatic hydroxyl groups excluding tert-OH is 1. The molecule has 2 fully saturated rings. The van der Waals surface area contributed by atoms with Crippen LogP contribution in [0.3, 0.4) is 0 Å². The maximum atomic E-state index is 13.6. The topological polar surface area (TPSA) is 118 Å². The summed E-state index contributed by atoms with van der Waals surface area (Å²) in [6, 6.07) is 7.72. The van der Waals surface area contributed by atoms with Crippen LogP contribution in [0.5, 0.6) is 0 Å². The van der Waals surface area contributed by atoms with Crippen molar-refractivity contribution in [2.24, 2.45) is 0 Å². The van der Waals surface area contributed by atoms with Gasteiger partial charge in [-0.05, 0) is 41.2 Å². The van der Waals surface area contributed by atoms with Gasteiger partial charge in [-0.3, -0.25) is 14.2 Å². The van der Waals surface area contributed by atoms with Gasteiger partial charge in [-0.25, -0.2) is 4.79 Å². The number of benzene rings is 1. The number of nitrogens with zero attached hydrogens (tertiary/aromatic N) is 2. The van der Waals surface area contributed by atoms with Crippen molar-refractivity contribution in [3.63, 3.8) is 0 Å². The van der Waals surface area contributed by atoms with Gasteiger partial charge >= 0.3 is 22.8 Å². The molecule has 0 saturated carbocycles. The highest BCUT2D eigenvalue weighted by molar-refractivity contribution is 6.84. The summed E-state index contributed by atoms with van der Waals surface area (Å²) in [5, 5.41) is 11.6. The van der Waals surface area contributed by atoms with Crippen LogP contribution in [-0.4, -0.2) is 62.2 Å². The molecule has 1 aromatic carbocycles. The van der Waals surface area contributed by atoms with E-state index < -0.39 is 58.8 Å². The van der Waals surface area contributed by atoms with Crippen molar-refractivity contribution in [1.82, 2.24) is 9.13 Å². The zero-order chi connectivity index (χ0) is 30.4. The Morgan fingerprint density at radius 2 is 1.46 bits per heavy atom. The fraction of sp³-hybridized carbons (Fsp3) is 0.621. The Balaban J connectivity index is 1.77. The normalized spacial score (nSPS) is 25.9. The molecule has 2 aromatic rings. The highest BCUT2D eigenvalue weighted by Crippen LogP contribution is 2.48. The molecule has 2 aliphatic heterocycles. The molecule has 12 heteroatoms. The average molecular weight is 605 g/mol. The highest BCUT2D eigenvalue weighted by atomic mass is 28.5. The van der Waals surface area contributed by atoms with Gasteiger partial charge in [0.2, 0.25) is 0 Å². The van der Waals surface area contributed by atoms with E-state index in [9.17, 15) is 19.5 Å². The second-order valence-electron chi connectivity index (χ2n) is 12.5. The molecule has 2 aliphatic rings. The number of aromatic nitrogens is 2.